The fraction of sp³-hybridized carbons (Fsp3) is 0.701. The molecule has 6 aliphatic heterocycles. The molecule has 5 fully saturated rings. The van der Waals surface area contributed by atoms with Crippen molar-refractivity contribution in [3.05, 3.63) is 83.0 Å². The SMILES string of the molecule is CO[C@H]1C[C@@H]2CC[C@@H](C)[C@@](O)(O2)C(=O)C(=O)N2CCCC[C@H]2C(=O)O[C@H]([C@H](N)C[C@@H]2CC[C@@H](OC(=O)N3CCc4nc(N5CCN(C(=O)CCOCCN6CCN(c7ncc(C(C)=O)cn7)CC6)CC5)ncc4C3)[C@H](OC)C2)C[C@@H](OC)[C@H](C)/C=C(\C)[C@@H](O)[C@@H](O)C(=O)[C@H](C)C[C@H](C)/C=C/C=CC=C1C. The van der Waals surface area contributed by atoms with Crippen molar-refractivity contribution in [1.29, 1.82) is 0 Å². The number of amides is 3. The molecule has 0 spiro atoms. The fourth-order valence-electron chi connectivity index (χ4n) is 15.7. The molecule has 2 bridgehead atoms. The lowest BCUT2D eigenvalue weighted by Crippen LogP contribution is -2.61. The zero-order valence-corrected chi connectivity index (χ0v) is 63.3. The highest BCUT2D eigenvalue weighted by Gasteiger charge is 2.53. The lowest BCUT2D eigenvalue weighted by atomic mass is 9.80. The average Bonchev–Trinajstić information content (AvgIpc) is 0.773. The largest absolute Gasteiger partial charge is 0.459 e. The van der Waals surface area contributed by atoms with Crippen molar-refractivity contribution in [1.82, 2.24) is 39.5 Å². The summed E-state index contributed by atoms with van der Waals surface area (Å²) in [6.07, 6.45) is 13.8. The van der Waals surface area contributed by atoms with Crippen molar-refractivity contribution in [3.8, 4) is 0 Å². The zero-order valence-electron chi connectivity index (χ0n) is 63.3. The molecule has 2 aromatic heterocycles. The number of aliphatic hydroxyl groups is 3. The van der Waals surface area contributed by atoms with E-state index in [2.05, 4.69) is 24.7 Å². The summed E-state index contributed by atoms with van der Waals surface area (Å²) in [5.41, 5.74) is 10.6. The van der Waals surface area contributed by atoms with E-state index in [-0.39, 0.29) is 55.9 Å². The van der Waals surface area contributed by atoms with E-state index in [9.17, 15) is 48.9 Å². The van der Waals surface area contributed by atoms with Gasteiger partial charge in [-0.15, -0.1) is 0 Å². The molecule has 105 heavy (non-hydrogen) atoms. The number of carbonyl (C=O) groups excluding carboxylic acids is 7. The number of carbonyl (C=O) groups is 7. The van der Waals surface area contributed by atoms with Gasteiger partial charge in [0, 0.05) is 161 Å². The van der Waals surface area contributed by atoms with Crippen molar-refractivity contribution in [3.63, 3.8) is 0 Å². The smallest absolute Gasteiger partial charge is 0.410 e. The standard InChI is InChI=1S/C77H115N11O17/c1-48-16-12-11-13-17-49(2)63(99-8)42-58-21-19-53(6)77(98,105-58)71(94)72(95)88-25-15-14-18-61(88)73(96)103-65(43-64(100-9)50(3)39-52(5)69(92)70(93)68(91)51(4)38-48)59(78)40-55-20-22-62(66(41-55)101-10)104-76(97)87-26-23-60-57(47-87)46-81-75(82-60)86-33-31-84(32-34-86)67(90)24-36-102-37-35-83-27-29-85(30-28-83)74-79-44-56(45-80-74)54(7)89/h11-13,16-17,39,44-46,48,50-51,53,55,58-59,61-66,69-70,92-93,98H,14-15,18-38,40-43,47,78H2,1-10H3/b13-11?,16-12+,49-17?,52-39+/t48-,50-,51-,53-,55+,58+,59-,61+,62-,63+,64-,65+,66-,69-,70+,77-/m1/s1. The second kappa shape index (κ2) is 38.7. The third kappa shape index (κ3) is 21.7. The molecule has 9 rings (SSSR count). The molecule has 0 aromatic carbocycles. The molecule has 1 aliphatic carbocycles. The number of methoxy groups -OCH3 is 3. The number of piperidine rings is 1. The van der Waals surface area contributed by atoms with E-state index in [1.54, 1.807) is 64.6 Å². The number of hydrogen-bond donors (Lipinski definition) is 4. The average molecular weight is 1470 g/mol. The number of ether oxygens (including phenoxy) is 7. The predicted molar refractivity (Wildman–Crippen MR) is 390 cm³/mol. The number of esters is 1. The molecular weight excluding hydrogens is 1350 g/mol. The van der Waals surface area contributed by atoms with Crippen LogP contribution in [0.2, 0.25) is 0 Å². The van der Waals surface area contributed by atoms with Crippen LogP contribution in [0.25, 0.3) is 0 Å². The maximum Gasteiger partial charge on any atom is 0.410 e. The van der Waals surface area contributed by atoms with Crippen LogP contribution in [-0.2, 0) is 70.1 Å². The van der Waals surface area contributed by atoms with E-state index < -0.39 is 114 Å². The van der Waals surface area contributed by atoms with Crippen LogP contribution in [-0.4, -0.2) is 269 Å². The minimum absolute atomic E-state index is 0.0399. The molecule has 3 amide bonds. The number of cyclic esters (lactones) is 1. The Labute approximate surface area is 618 Å². The van der Waals surface area contributed by atoms with Crippen LogP contribution < -0.4 is 15.5 Å². The Balaban J connectivity index is 0.792. The van der Waals surface area contributed by atoms with Gasteiger partial charge in [-0.1, -0.05) is 64.2 Å². The van der Waals surface area contributed by atoms with Crippen LogP contribution in [0.15, 0.2) is 66.2 Å². The highest BCUT2D eigenvalue weighted by atomic mass is 16.6. The monoisotopic (exact) mass is 1470 g/mol. The summed E-state index contributed by atoms with van der Waals surface area (Å²) in [7, 11) is 4.64. The Hall–Kier alpha value is -6.99. The van der Waals surface area contributed by atoms with Gasteiger partial charge in [0.15, 0.2) is 11.6 Å². The third-order valence-electron chi connectivity index (χ3n) is 22.5. The van der Waals surface area contributed by atoms with E-state index in [0.717, 1.165) is 49.6 Å². The number of allylic oxidation sites excluding steroid dienone is 5. The van der Waals surface area contributed by atoms with E-state index >= 15 is 0 Å². The highest BCUT2D eigenvalue weighted by Crippen LogP contribution is 2.38. The van der Waals surface area contributed by atoms with E-state index in [0.29, 0.717) is 140 Å². The molecule has 7 aliphatic rings. The number of anilines is 2. The van der Waals surface area contributed by atoms with Gasteiger partial charge in [0.1, 0.15) is 30.5 Å². The minimum atomic E-state index is -2.48. The van der Waals surface area contributed by atoms with Gasteiger partial charge < -0.3 is 78.7 Å². The lowest BCUT2D eigenvalue weighted by molar-refractivity contribution is -0.265. The van der Waals surface area contributed by atoms with Crippen molar-refractivity contribution < 1.29 is 82.0 Å². The van der Waals surface area contributed by atoms with Gasteiger partial charge in [0.2, 0.25) is 23.6 Å². The van der Waals surface area contributed by atoms with Gasteiger partial charge in [0.05, 0.1) is 61.9 Å². The number of hydrogen-bond acceptors (Lipinski definition) is 25. The van der Waals surface area contributed by atoms with Crippen LogP contribution >= 0.6 is 0 Å². The van der Waals surface area contributed by atoms with Crippen LogP contribution in [0.1, 0.15) is 154 Å². The maximum atomic E-state index is 14.9. The van der Waals surface area contributed by atoms with Crippen molar-refractivity contribution >= 4 is 53.1 Å². The number of rotatable bonds is 16. The van der Waals surface area contributed by atoms with E-state index in [1.807, 2.05) is 56.1 Å². The Morgan fingerprint density at radius 2 is 1.43 bits per heavy atom. The molecule has 2 aromatic rings. The Morgan fingerprint density at radius 1 is 0.724 bits per heavy atom. The van der Waals surface area contributed by atoms with Crippen LogP contribution in [0.3, 0.4) is 0 Å². The van der Waals surface area contributed by atoms with Gasteiger partial charge in [-0.25, -0.2) is 29.5 Å². The molecule has 1 saturated carbocycles. The minimum Gasteiger partial charge on any atom is -0.459 e. The van der Waals surface area contributed by atoms with Crippen LogP contribution in [0, 0.1) is 29.6 Å². The van der Waals surface area contributed by atoms with Crippen LogP contribution in [0.4, 0.5) is 16.7 Å². The third-order valence-corrected chi connectivity index (χ3v) is 22.5. The van der Waals surface area contributed by atoms with Crippen LogP contribution in [0.5, 0.6) is 0 Å². The lowest BCUT2D eigenvalue weighted by Gasteiger charge is -2.43. The summed E-state index contributed by atoms with van der Waals surface area (Å²) in [5, 5.41) is 35.0. The molecule has 28 heteroatoms. The van der Waals surface area contributed by atoms with Gasteiger partial charge >= 0.3 is 12.1 Å². The molecule has 16 atom stereocenters. The van der Waals surface area contributed by atoms with Crippen molar-refractivity contribution in [2.24, 2.45) is 35.3 Å². The van der Waals surface area contributed by atoms with Gasteiger partial charge in [-0.05, 0) is 108 Å². The summed E-state index contributed by atoms with van der Waals surface area (Å²) in [4.78, 5) is 126. The first-order chi connectivity index (χ1) is 50.3. The number of fused-ring (bicyclic) bond motifs is 4. The summed E-state index contributed by atoms with van der Waals surface area (Å²) in [6, 6.07) is -2.03. The quantitative estimate of drug-likeness (QED) is 0.0528. The fourth-order valence-corrected chi connectivity index (χ4v) is 15.7. The first kappa shape index (κ1) is 82.1. The molecule has 0 unspecified atom stereocenters. The second-order valence-electron chi connectivity index (χ2n) is 30.0. The Bertz CT molecular complexity index is 3400. The van der Waals surface area contributed by atoms with Gasteiger partial charge in [-0.2, -0.15) is 0 Å². The normalized spacial score (nSPS) is 31.9. The number of Topliss-reactive ketones (excluding diaryl/α,β-unsaturated/α-hetero) is 3. The number of ketones is 3. The predicted octanol–water partition coefficient (Wildman–Crippen LogP) is 5.53. The Morgan fingerprint density at radius 3 is 2.13 bits per heavy atom. The summed E-state index contributed by atoms with van der Waals surface area (Å²) in [5.74, 6) is -6.79. The van der Waals surface area contributed by atoms with Crippen molar-refractivity contribution in [2.75, 3.05) is 116 Å². The number of piperazine rings is 2. The summed E-state index contributed by atoms with van der Waals surface area (Å²) in [6.45, 7) is 19.9. The number of nitrogens with two attached hydrogens (primary N) is 1. The molecular formula is C77H115N11O17. The molecule has 5 N–H and O–H groups in total. The molecule has 8 heterocycles. The van der Waals surface area contributed by atoms with Crippen molar-refractivity contribution in [2.45, 2.75) is 212 Å². The highest BCUT2D eigenvalue weighted by molar-refractivity contribution is 6.39. The van der Waals surface area contributed by atoms with E-state index in [4.69, 9.17) is 48.9 Å². The zero-order chi connectivity index (χ0) is 75.6. The molecule has 0 radical (unpaired) electrons. The summed E-state index contributed by atoms with van der Waals surface area (Å²) >= 11 is 0. The van der Waals surface area contributed by atoms with Gasteiger partial charge in [0.25, 0.3) is 11.7 Å². The number of aliphatic hydroxyl groups excluding tert-OH is 2. The maximum absolute atomic E-state index is 14.9. The van der Waals surface area contributed by atoms with Gasteiger partial charge in [-0.3, -0.25) is 28.9 Å². The first-order valence-electron chi connectivity index (χ1n) is 37.9. The topological polar surface area (TPSA) is 342 Å². The number of aromatic nitrogens is 4. The second-order valence-corrected chi connectivity index (χ2v) is 30.0. The molecule has 4 saturated heterocycles. The molecule has 28 nitrogen and oxygen atoms in total. The summed E-state index contributed by atoms with van der Waals surface area (Å²) < 4.78 is 42.9. The Kier molecular flexibility index (Phi) is 30.3. The first-order valence-corrected chi connectivity index (χ1v) is 37.9. The molecule has 580 valence electrons. The number of nitrogens with zero attached hydrogens (tertiary/aromatic N) is 10. The van der Waals surface area contributed by atoms with E-state index in [1.165, 1.54) is 18.9 Å².